The standard InChI is InChI=1S/C22H23N5O6S/c1-16-3-6-19(7-4-16)34(31,32)26-11-9-25(10-12-26)15-17(14-23)22(28)24-20-8-5-18(27(29)30)13-21(20)33-2/h3-8,13,15H,9-12H2,1-2H3,(H,24,28)/b17-15-. The number of carbonyl (C=O) groups excluding carboxylic acids is 1. The zero-order valence-electron chi connectivity index (χ0n) is 18.6. The van der Waals surface area contributed by atoms with Crippen LogP contribution in [0, 0.1) is 28.4 Å². The molecule has 0 bridgehead atoms. The van der Waals surface area contributed by atoms with Crippen LogP contribution in [0.3, 0.4) is 0 Å². The summed E-state index contributed by atoms with van der Waals surface area (Å²) >= 11 is 0. The van der Waals surface area contributed by atoms with E-state index in [1.165, 1.54) is 35.8 Å². The fourth-order valence-corrected chi connectivity index (χ4v) is 4.76. The minimum Gasteiger partial charge on any atom is -0.494 e. The molecule has 1 aliphatic rings. The maximum Gasteiger partial charge on any atom is 0.273 e. The molecular weight excluding hydrogens is 462 g/mol. The molecule has 0 aromatic heterocycles. The highest BCUT2D eigenvalue weighted by atomic mass is 32.2. The SMILES string of the molecule is COc1cc([N+](=O)[O-])ccc1NC(=O)/C(C#N)=C\N1CCN(S(=O)(=O)c2ccc(C)cc2)CC1. The van der Waals surface area contributed by atoms with Crippen LogP contribution < -0.4 is 10.1 Å². The zero-order valence-corrected chi connectivity index (χ0v) is 19.4. The normalized spacial score (nSPS) is 14.9. The van der Waals surface area contributed by atoms with Gasteiger partial charge in [0.05, 0.1) is 28.7 Å². The second kappa shape index (κ2) is 10.3. The van der Waals surface area contributed by atoms with Crippen molar-refractivity contribution in [2.24, 2.45) is 0 Å². The van der Waals surface area contributed by atoms with Crippen molar-refractivity contribution in [2.45, 2.75) is 11.8 Å². The van der Waals surface area contributed by atoms with E-state index in [9.17, 15) is 28.6 Å². The molecule has 1 N–H and O–H groups in total. The summed E-state index contributed by atoms with van der Waals surface area (Å²) in [7, 11) is -2.33. The first-order valence-electron chi connectivity index (χ1n) is 10.2. The summed E-state index contributed by atoms with van der Waals surface area (Å²) in [6.45, 7) is 2.86. The minimum absolute atomic E-state index is 0.0785. The highest BCUT2D eigenvalue weighted by molar-refractivity contribution is 7.89. The van der Waals surface area contributed by atoms with Crippen LogP contribution in [0.4, 0.5) is 11.4 Å². The maximum atomic E-state index is 12.8. The molecule has 1 aliphatic heterocycles. The number of sulfonamides is 1. The van der Waals surface area contributed by atoms with Gasteiger partial charge in [0.15, 0.2) is 0 Å². The zero-order chi connectivity index (χ0) is 24.9. The van der Waals surface area contributed by atoms with Gasteiger partial charge in [0.25, 0.3) is 11.6 Å². The summed E-state index contributed by atoms with van der Waals surface area (Å²) in [4.78, 5) is 24.9. The number of ether oxygens (including phenoxy) is 1. The lowest BCUT2D eigenvalue weighted by Gasteiger charge is -2.33. The number of methoxy groups -OCH3 is 1. The topological polar surface area (TPSA) is 146 Å². The predicted octanol–water partition coefficient (Wildman–Crippen LogP) is 2.26. The van der Waals surface area contributed by atoms with Gasteiger partial charge in [0.2, 0.25) is 10.0 Å². The Morgan fingerprint density at radius 3 is 2.38 bits per heavy atom. The van der Waals surface area contributed by atoms with Crippen molar-refractivity contribution in [3.8, 4) is 11.8 Å². The molecule has 1 heterocycles. The number of hydrogen-bond acceptors (Lipinski definition) is 8. The molecule has 178 valence electrons. The van der Waals surface area contributed by atoms with Gasteiger partial charge in [0, 0.05) is 38.4 Å². The Bertz CT molecular complexity index is 1260. The number of hydrogen-bond donors (Lipinski definition) is 1. The number of nitro groups is 1. The highest BCUT2D eigenvalue weighted by Crippen LogP contribution is 2.29. The molecule has 2 aromatic carbocycles. The van der Waals surface area contributed by atoms with E-state index in [0.29, 0.717) is 13.1 Å². The number of nitrogens with one attached hydrogen (secondary N) is 1. The molecule has 11 nitrogen and oxygen atoms in total. The molecule has 0 spiro atoms. The Labute approximate surface area is 197 Å². The fraction of sp³-hybridized carbons (Fsp3) is 0.273. The Balaban J connectivity index is 1.68. The van der Waals surface area contributed by atoms with Crippen LogP contribution in [-0.4, -0.2) is 61.7 Å². The third-order valence-electron chi connectivity index (χ3n) is 5.25. The average Bonchev–Trinajstić information content (AvgIpc) is 2.83. The molecule has 1 amide bonds. The number of non-ortho nitro benzene ring substituents is 1. The second-order valence-electron chi connectivity index (χ2n) is 7.50. The van der Waals surface area contributed by atoms with Crippen LogP contribution in [0.25, 0.3) is 0 Å². The Morgan fingerprint density at radius 2 is 1.82 bits per heavy atom. The highest BCUT2D eigenvalue weighted by Gasteiger charge is 2.28. The van der Waals surface area contributed by atoms with Crippen LogP contribution in [0.15, 0.2) is 59.1 Å². The number of aryl methyl sites for hydroxylation is 1. The van der Waals surface area contributed by atoms with Crippen LogP contribution >= 0.6 is 0 Å². The molecule has 0 aliphatic carbocycles. The number of carbonyl (C=O) groups is 1. The molecular formula is C22H23N5O6S. The second-order valence-corrected chi connectivity index (χ2v) is 9.44. The van der Waals surface area contributed by atoms with Crippen molar-refractivity contribution in [1.82, 2.24) is 9.21 Å². The molecule has 34 heavy (non-hydrogen) atoms. The quantitative estimate of drug-likeness (QED) is 0.272. The molecule has 0 radical (unpaired) electrons. The van der Waals surface area contributed by atoms with Crippen molar-refractivity contribution in [3.63, 3.8) is 0 Å². The minimum atomic E-state index is -3.63. The first-order valence-corrected chi connectivity index (χ1v) is 11.7. The largest absolute Gasteiger partial charge is 0.494 e. The molecule has 12 heteroatoms. The molecule has 1 saturated heterocycles. The van der Waals surface area contributed by atoms with Crippen molar-refractivity contribution < 1.29 is 22.9 Å². The maximum absolute atomic E-state index is 12.8. The monoisotopic (exact) mass is 485 g/mol. The summed E-state index contributed by atoms with van der Waals surface area (Å²) in [6.07, 6.45) is 1.38. The van der Waals surface area contributed by atoms with Gasteiger partial charge in [-0.1, -0.05) is 17.7 Å². The first-order chi connectivity index (χ1) is 16.1. The van der Waals surface area contributed by atoms with E-state index in [0.717, 1.165) is 5.56 Å². The van der Waals surface area contributed by atoms with E-state index in [-0.39, 0.29) is 40.7 Å². The van der Waals surface area contributed by atoms with Crippen LogP contribution in [0.5, 0.6) is 5.75 Å². The van der Waals surface area contributed by atoms with Gasteiger partial charge in [-0.05, 0) is 25.1 Å². The number of amides is 1. The molecule has 2 aromatic rings. The molecule has 0 saturated carbocycles. The number of nitro benzene ring substituents is 1. The van der Waals surface area contributed by atoms with E-state index in [1.807, 2.05) is 13.0 Å². The van der Waals surface area contributed by atoms with E-state index >= 15 is 0 Å². The van der Waals surface area contributed by atoms with E-state index < -0.39 is 20.9 Å². The van der Waals surface area contributed by atoms with Gasteiger partial charge in [0.1, 0.15) is 17.4 Å². The van der Waals surface area contributed by atoms with Gasteiger partial charge in [-0.3, -0.25) is 14.9 Å². The molecule has 0 atom stereocenters. The summed E-state index contributed by atoms with van der Waals surface area (Å²) in [5.74, 6) is -0.640. The van der Waals surface area contributed by atoms with Crippen molar-refractivity contribution in [1.29, 1.82) is 5.26 Å². The number of piperazine rings is 1. The summed E-state index contributed by atoms with van der Waals surface area (Å²) in [5, 5.41) is 22.9. The van der Waals surface area contributed by atoms with Gasteiger partial charge < -0.3 is 15.0 Å². The van der Waals surface area contributed by atoms with Crippen LogP contribution in [0.1, 0.15) is 5.56 Å². The molecule has 0 unspecified atom stereocenters. The number of benzene rings is 2. The number of rotatable bonds is 7. The van der Waals surface area contributed by atoms with E-state index in [2.05, 4.69) is 5.32 Å². The first kappa shape index (κ1) is 24.7. The molecule has 3 rings (SSSR count). The van der Waals surface area contributed by atoms with E-state index in [4.69, 9.17) is 4.74 Å². The lowest BCUT2D eigenvalue weighted by molar-refractivity contribution is -0.384. The van der Waals surface area contributed by atoms with Gasteiger partial charge in [-0.25, -0.2) is 8.42 Å². The van der Waals surface area contributed by atoms with Crippen molar-refractivity contribution in [2.75, 3.05) is 38.6 Å². The predicted molar refractivity (Wildman–Crippen MR) is 123 cm³/mol. The van der Waals surface area contributed by atoms with E-state index in [1.54, 1.807) is 29.2 Å². The van der Waals surface area contributed by atoms with Crippen LogP contribution in [-0.2, 0) is 14.8 Å². The summed E-state index contributed by atoms with van der Waals surface area (Å²) in [6, 6.07) is 12.2. The summed E-state index contributed by atoms with van der Waals surface area (Å²) in [5.41, 5.74) is 0.732. The number of nitriles is 1. The third-order valence-corrected chi connectivity index (χ3v) is 7.17. The molecule has 1 fully saturated rings. The number of anilines is 1. The van der Waals surface area contributed by atoms with Crippen molar-refractivity contribution >= 4 is 27.3 Å². The number of nitrogens with zero attached hydrogens (tertiary/aromatic N) is 4. The Hall–Kier alpha value is -3.95. The van der Waals surface area contributed by atoms with Gasteiger partial charge in [-0.2, -0.15) is 9.57 Å². The third kappa shape index (κ3) is 5.51. The average molecular weight is 486 g/mol. The smallest absolute Gasteiger partial charge is 0.273 e. The summed E-state index contributed by atoms with van der Waals surface area (Å²) < 4.78 is 32.1. The van der Waals surface area contributed by atoms with Crippen molar-refractivity contribution in [3.05, 3.63) is 69.9 Å². The Morgan fingerprint density at radius 1 is 1.18 bits per heavy atom. The fourth-order valence-electron chi connectivity index (χ4n) is 3.34. The van der Waals surface area contributed by atoms with Crippen LogP contribution in [0.2, 0.25) is 0 Å². The lowest BCUT2D eigenvalue weighted by Crippen LogP contribution is -2.46. The lowest BCUT2D eigenvalue weighted by atomic mass is 10.2. The Kier molecular flexibility index (Phi) is 7.50. The van der Waals surface area contributed by atoms with Gasteiger partial charge >= 0.3 is 0 Å². The van der Waals surface area contributed by atoms with Gasteiger partial charge in [-0.15, -0.1) is 0 Å².